The zero-order valence-corrected chi connectivity index (χ0v) is 11.8. The molecule has 0 fully saturated rings. The molecule has 1 rings (SSSR count). The number of hydrogen-bond acceptors (Lipinski definition) is 3. The van der Waals surface area contributed by atoms with Crippen molar-refractivity contribution in [1.82, 2.24) is 0 Å². The maximum absolute atomic E-state index is 10.6. The Bertz CT molecular complexity index is 381. The molecule has 3 nitrogen and oxygen atoms in total. The van der Waals surface area contributed by atoms with E-state index in [2.05, 4.69) is 0 Å². The van der Waals surface area contributed by atoms with Gasteiger partial charge in [-0.3, -0.25) is 0 Å². The quantitative estimate of drug-likeness (QED) is 0.778. The van der Waals surface area contributed by atoms with Gasteiger partial charge in [0.2, 0.25) is 0 Å². The van der Waals surface area contributed by atoms with Gasteiger partial charge >= 0.3 is 0 Å². The normalized spacial score (nSPS) is 11.1. The second-order valence-electron chi connectivity index (χ2n) is 3.18. The van der Waals surface area contributed by atoms with Crippen molar-refractivity contribution in [3.05, 3.63) is 29.8 Å². The Morgan fingerprint density at radius 1 is 1.14 bits per heavy atom. The van der Waals surface area contributed by atoms with Crippen LogP contribution in [0.1, 0.15) is 25.3 Å². The first-order valence-electron chi connectivity index (χ1n) is 3.97. The molecular formula is C9H11O3SY-. The van der Waals surface area contributed by atoms with E-state index in [0.717, 1.165) is 5.56 Å². The summed E-state index contributed by atoms with van der Waals surface area (Å²) in [6, 6.07) is 6.01. The molecule has 5 heteroatoms. The number of benzene rings is 1. The van der Waals surface area contributed by atoms with E-state index >= 15 is 0 Å². The van der Waals surface area contributed by atoms with Crippen LogP contribution in [0.2, 0.25) is 0 Å². The van der Waals surface area contributed by atoms with E-state index in [4.69, 9.17) is 0 Å². The Kier molecular flexibility index (Phi) is 5.44. The van der Waals surface area contributed by atoms with Crippen molar-refractivity contribution in [3.63, 3.8) is 0 Å². The van der Waals surface area contributed by atoms with Gasteiger partial charge in [-0.05, 0) is 23.6 Å². The monoisotopic (exact) mass is 288 g/mol. The minimum absolute atomic E-state index is 0. The minimum Gasteiger partial charge on any atom is -0.744 e. The molecule has 0 saturated carbocycles. The van der Waals surface area contributed by atoms with Gasteiger partial charge in [0.05, 0.1) is 4.90 Å². The van der Waals surface area contributed by atoms with Crippen LogP contribution in [0.4, 0.5) is 0 Å². The maximum Gasteiger partial charge on any atom is 0.124 e. The van der Waals surface area contributed by atoms with Crippen molar-refractivity contribution in [2.75, 3.05) is 0 Å². The average molecular weight is 288 g/mol. The van der Waals surface area contributed by atoms with Gasteiger partial charge in [-0.15, -0.1) is 0 Å². The van der Waals surface area contributed by atoms with Crippen LogP contribution >= 0.6 is 0 Å². The van der Waals surface area contributed by atoms with E-state index < -0.39 is 10.1 Å². The molecule has 0 bridgehead atoms. The summed E-state index contributed by atoms with van der Waals surface area (Å²) >= 11 is 0. The molecule has 75 valence electrons. The standard InChI is InChI=1S/C9H12O3S.Y/c1-7(2)8-3-5-9(6-4-8)13(10,11)12;/h3-7H,1-2H3,(H,10,11,12);/p-1. The molecule has 0 spiro atoms. The van der Waals surface area contributed by atoms with Crippen LogP contribution in [-0.4, -0.2) is 13.0 Å². The Labute approximate surface area is 110 Å². The van der Waals surface area contributed by atoms with Crippen LogP contribution in [-0.2, 0) is 42.8 Å². The van der Waals surface area contributed by atoms with Crippen LogP contribution in [0, 0.1) is 0 Å². The van der Waals surface area contributed by atoms with E-state index in [1.54, 1.807) is 12.1 Å². The molecule has 0 amide bonds. The number of rotatable bonds is 2. The summed E-state index contributed by atoms with van der Waals surface area (Å²) in [7, 11) is -4.30. The molecule has 0 saturated heterocycles. The fourth-order valence-electron chi connectivity index (χ4n) is 1.02. The van der Waals surface area contributed by atoms with Crippen molar-refractivity contribution >= 4 is 10.1 Å². The molecule has 0 unspecified atom stereocenters. The van der Waals surface area contributed by atoms with Gasteiger partial charge in [-0.25, -0.2) is 8.42 Å². The first kappa shape index (κ1) is 14.2. The third-order valence-electron chi connectivity index (χ3n) is 1.84. The SMILES string of the molecule is CC(C)c1ccc(S(=O)(=O)[O-])cc1.[Y]. The molecule has 1 aromatic rings. The number of hydrogen-bond donors (Lipinski definition) is 0. The first-order chi connectivity index (χ1) is 5.91. The molecule has 14 heavy (non-hydrogen) atoms. The van der Waals surface area contributed by atoms with Gasteiger partial charge in [0.15, 0.2) is 0 Å². The summed E-state index contributed by atoms with van der Waals surface area (Å²) in [4.78, 5) is -0.170. The van der Waals surface area contributed by atoms with Crippen LogP contribution in [0.25, 0.3) is 0 Å². The largest absolute Gasteiger partial charge is 0.744 e. The molecule has 0 atom stereocenters. The van der Waals surface area contributed by atoms with E-state index in [9.17, 15) is 13.0 Å². The van der Waals surface area contributed by atoms with Crippen LogP contribution in [0.5, 0.6) is 0 Å². The molecule has 0 aliphatic heterocycles. The molecule has 0 N–H and O–H groups in total. The fraction of sp³-hybridized carbons (Fsp3) is 0.333. The fourth-order valence-corrected chi connectivity index (χ4v) is 1.49. The summed E-state index contributed by atoms with van der Waals surface area (Å²) < 4.78 is 31.7. The predicted octanol–water partition coefficient (Wildman–Crippen LogP) is 1.71. The predicted molar refractivity (Wildman–Crippen MR) is 48.5 cm³/mol. The molecule has 0 aromatic heterocycles. The Balaban J connectivity index is 0.00000169. The molecular weight excluding hydrogens is 277 g/mol. The van der Waals surface area contributed by atoms with Gasteiger partial charge in [-0.2, -0.15) is 0 Å². The van der Waals surface area contributed by atoms with Gasteiger partial charge in [0, 0.05) is 32.7 Å². The van der Waals surface area contributed by atoms with E-state index in [1.807, 2.05) is 13.8 Å². The van der Waals surface area contributed by atoms with Crippen LogP contribution in [0.15, 0.2) is 29.2 Å². The summed E-state index contributed by atoms with van der Waals surface area (Å²) in [5, 5.41) is 0. The van der Waals surface area contributed by atoms with Crippen LogP contribution in [0.3, 0.4) is 0 Å². The van der Waals surface area contributed by atoms with E-state index in [0.29, 0.717) is 5.92 Å². The zero-order valence-electron chi connectivity index (χ0n) is 8.10. The second kappa shape index (κ2) is 5.35. The average Bonchev–Trinajstić information content (AvgIpc) is 2.03. The summed E-state index contributed by atoms with van der Waals surface area (Å²) in [6.07, 6.45) is 0. The van der Waals surface area contributed by atoms with Gasteiger partial charge < -0.3 is 4.55 Å². The second-order valence-corrected chi connectivity index (χ2v) is 4.56. The van der Waals surface area contributed by atoms with Crippen molar-refractivity contribution in [1.29, 1.82) is 0 Å². The summed E-state index contributed by atoms with van der Waals surface area (Å²) in [5.74, 6) is 0.336. The van der Waals surface area contributed by atoms with Crippen molar-refractivity contribution in [2.24, 2.45) is 0 Å². The molecule has 1 aromatic carbocycles. The van der Waals surface area contributed by atoms with E-state index in [-0.39, 0.29) is 37.6 Å². The van der Waals surface area contributed by atoms with Gasteiger partial charge in [0.25, 0.3) is 0 Å². The van der Waals surface area contributed by atoms with Crippen molar-refractivity contribution in [3.8, 4) is 0 Å². The topological polar surface area (TPSA) is 57.2 Å². The van der Waals surface area contributed by atoms with Gasteiger partial charge in [0.1, 0.15) is 10.1 Å². The molecule has 0 heterocycles. The first-order valence-corrected chi connectivity index (χ1v) is 5.38. The summed E-state index contributed by atoms with van der Waals surface area (Å²) in [5.41, 5.74) is 1.02. The Morgan fingerprint density at radius 3 is 1.86 bits per heavy atom. The zero-order chi connectivity index (χ0) is 10.1. The van der Waals surface area contributed by atoms with Gasteiger partial charge in [-0.1, -0.05) is 26.0 Å². The Hall–Kier alpha value is 0.234. The van der Waals surface area contributed by atoms with Crippen molar-refractivity contribution < 1.29 is 45.7 Å². The van der Waals surface area contributed by atoms with Crippen LogP contribution < -0.4 is 0 Å². The molecule has 1 radical (unpaired) electrons. The minimum atomic E-state index is -4.30. The molecule has 0 aliphatic carbocycles. The van der Waals surface area contributed by atoms with E-state index in [1.165, 1.54) is 12.1 Å². The smallest absolute Gasteiger partial charge is 0.124 e. The Morgan fingerprint density at radius 2 is 1.57 bits per heavy atom. The third kappa shape index (κ3) is 3.77. The molecule has 0 aliphatic rings. The maximum atomic E-state index is 10.6. The summed E-state index contributed by atoms with van der Waals surface area (Å²) in [6.45, 7) is 4.00. The van der Waals surface area contributed by atoms with Crippen molar-refractivity contribution in [2.45, 2.75) is 24.7 Å². The third-order valence-corrected chi connectivity index (χ3v) is 2.68.